The number of carbonyl (C=O) groups excluding carboxylic acids is 1. The van der Waals surface area contributed by atoms with Gasteiger partial charge in [0.05, 0.1) is 12.7 Å². The van der Waals surface area contributed by atoms with E-state index in [1.165, 1.54) is 4.90 Å². The van der Waals surface area contributed by atoms with Gasteiger partial charge in [0.1, 0.15) is 0 Å². The number of alkyl halides is 3. The first-order valence-corrected chi connectivity index (χ1v) is 7.72. The maximum Gasteiger partial charge on any atom is 0.401 e. The molecule has 0 unspecified atom stereocenters. The van der Waals surface area contributed by atoms with E-state index in [4.69, 9.17) is 0 Å². The van der Waals surface area contributed by atoms with Crippen molar-refractivity contribution in [1.29, 1.82) is 0 Å². The van der Waals surface area contributed by atoms with Crippen molar-refractivity contribution in [1.82, 2.24) is 20.0 Å². The summed E-state index contributed by atoms with van der Waals surface area (Å²) in [5.74, 6) is 0. The topological polar surface area (TPSA) is 62.2 Å². The van der Waals surface area contributed by atoms with Crippen LogP contribution in [-0.4, -0.2) is 33.4 Å². The van der Waals surface area contributed by atoms with Gasteiger partial charge in [0.2, 0.25) is 0 Å². The smallest absolute Gasteiger partial charge is 0.334 e. The van der Waals surface area contributed by atoms with Gasteiger partial charge in [-0.25, -0.2) is 4.79 Å². The molecule has 6 nitrogen and oxygen atoms in total. The highest BCUT2D eigenvalue weighted by Crippen LogP contribution is 2.31. The van der Waals surface area contributed by atoms with Crippen molar-refractivity contribution in [3.63, 3.8) is 0 Å². The summed E-state index contributed by atoms with van der Waals surface area (Å²) in [6.45, 7) is -0.265. The van der Waals surface area contributed by atoms with Gasteiger partial charge in [-0.15, -0.1) is 0 Å². The molecule has 9 heteroatoms. The Kier molecular flexibility index (Phi) is 4.67. The van der Waals surface area contributed by atoms with E-state index in [0.29, 0.717) is 12.2 Å². The van der Waals surface area contributed by atoms with Crippen molar-refractivity contribution in [2.24, 2.45) is 7.05 Å². The monoisotopic (exact) mass is 353 g/mol. The third kappa shape index (κ3) is 4.50. The molecule has 3 rings (SSSR count). The fourth-order valence-electron chi connectivity index (χ4n) is 2.88. The van der Waals surface area contributed by atoms with Gasteiger partial charge in [-0.2, -0.15) is 18.3 Å². The minimum atomic E-state index is -4.24. The molecule has 1 aromatic carbocycles. The zero-order chi connectivity index (χ0) is 18.0. The standard InChI is InChI=1S/C16H18F3N5O/c1-23-7-11(6-21-23)5-20-15(25)22-14-4-2-3-12-8-24(9-13(12)14)10-16(17,18)19/h2-4,6-7H,5,8-10H2,1H3,(H2,20,22,25). The largest absolute Gasteiger partial charge is 0.401 e. The average molecular weight is 353 g/mol. The van der Waals surface area contributed by atoms with E-state index in [1.807, 2.05) is 0 Å². The summed E-state index contributed by atoms with van der Waals surface area (Å²) >= 11 is 0. The van der Waals surface area contributed by atoms with Crippen LogP contribution in [0.2, 0.25) is 0 Å². The molecular weight excluding hydrogens is 335 g/mol. The van der Waals surface area contributed by atoms with Crippen molar-refractivity contribution in [2.75, 3.05) is 11.9 Å². The molecule has 0 bridgehead atoms. The second-order valence-electron chi connectivity index (χ2n) is 6.03. The number of nitrogens with one attached hydrogen (secondary N) is 2. The average Bonchev–Trinajstić information content (AvgIpc) is 3.09. The molecule has 0 saturated carbocycles. The molecular formula is C16H18F3N5O. The molecule has 1 aliphatic heterocycles. The molecule has 1 aromatic heterocycles. The highest BCUT2D eigenvalue weighted by molar-refractivity contribution is 5.90. The number of aryl methyl sites for hydroxylation is 1. The maximum atomic E-state index is 12.6. The summed E-state index contributed by atoms with van der Waals surface area (Å²) in [4.78, 5) is 13.4. The van der Waals surface area contributed by atoms with Crippen LogP contribution in [0, 0.1) is 0 Å². The number of benzene rings is 1. The Labute approximate surface area is 142 Å². The lowest BCUT2D eigenvalue weighted by molar-refractivity contribution is -0.146. The van der Waals surface area contributed by atoms with Gasteiger partial charge in [-0.3, -0.25) is 9.58 Å². The van der Waals surface area contributed by atoms with Crippen LogP contribution in [-0.2, 0) is 26.7 Å². The third-order valence-electron chi connectivity index (χ3n) is 3.91. The number of carbonyl (C=O) groups is 1. The fraction of sp³-hybridized carbons (Fsp3) is 0.375. The zero-order valence-electron chi connectivity index (χ0n) is 13.6. The van der Waals surface area contributed by atoms with Crippen LogP contribution < -0.4 is 10.6 Å². The molecule has 0 spiro atoms. The number of halogens is 3. The van der Waals surface area contributed by atoms with Crippen molar-refractivity contribution >= 4 is 11.7 Å². The fourth-order valence-corrected chi connectivity index (χ4v) is 2.88. The van der Waals surface area contributed by atoms with E-state index in [-0.39, 0.29) is 13.1 Å². The quantitative estimate of drug-likeness (QED) is 0.888. The minimum absolute atomic E-state index is 0.161. The van der Waals surface area contributed by atoms with Gasteiger partial charge < -0.3 is 10.6 Å². The molecule has 2 amide bonds. The van der Waals surface area contributed by atoms with Crippen molar-refractivity contribution < 1.29 is 18.0 Å². The first-order chi connectivity index (χ1) is 11.8. The SMILES string of the molecule is Cn1cc(CNC(=O)Nc2cccc3c2CN(CC(F)(F)F)C3)cn1. The Balaban J connectivity index is 1.61. The second-order valence-corrected chi connectivity index (χ2v) is 6.03. The Morgan fingerprint density at radius 3 is 2.80 bits per heavy atom. The predicted molar refractivity (Wildman–Crippen MR) is 85.7 cm³/mol. The van der Waals surface area contributed by atoms with E-state index >= 15 is 0 Å². The third-order valence-corrected chi connectivity index (χ3v) is 3.91. The van der Waals surface area contributed by atoms with Gasteiger partial charge in [0.15, 0.2) is 0 Å². The lowest BCUT2D eigenvalue weighted by atomic mass is 10.1. The van der Waals surface area contributed by atoms with Crippen LogP contribution in [0.1, 0.15) is 16.7 Å². The van der Waals surface area contributed by atoms with E-state index in [0.717, 1.165) is 16.7 Å². The van der Waals surface area contributed by atoms with E-state index < -0.39 is 18.8 Å². The van der Waals surface area contributed by atoms with Gasteiger partial charge in [-0.05, 0) is 17.2 Å². The van der Waals surface area contributed by atoms with Gasteiger partial charge in [0.25, 0.3) is 0 Å². The molecule has 134 valence electrons. The highest BCUT2D eigenvalue weighted by atomic mass is 19.4. The summed E-state index contributed by atoms with van der Waals surface area (Å²) in [5.41, 5.74) is 2.91. The van der Waals surface area contributed by atoms with Crippen LogP contribution in [0.25, 0.3) is 0 Å². The Hall–Kier alpha value is -2.55. The van der Waals surface area contributed by atoms with Crippen molar-refractivity contribution in [3.8, 4) is 0 Å². The molecule has 2 N–H and O–H groups in total. The number of hydrogen-bond donors (Lipinski definition) is 2. The number of urea groups is 1. The predicted octanol–water partition coefficient (Wildman–Crippen LogP) is 2.62. The molecule has 0 fully saturated rings. The Morgan fingerprint density at radius 2 is 2.12 bits per heavy atom. The molecule has 2 aromatic rings. The van der Waals surface area contributed by atoms with Crippen LogP contribution in [0.3, 0.4) is 0 Å². The number of aromatic nitrogens is 2. The summed E-state index contributed by atoms with van der Waals surface area (Å²) in [5, 5.41) is 9.43. The van der Waals surface area contributed by atoms with E-state index in [9.17, 15) is 18.0 Å². The lowest BCUT2D eigenvalue weighted by Gasteiger charge is -2.17. The summed E-state index contributed by atoms with van der Waals surface area (Å²) in [7, 11) is 1.78. The highest BCUT2D eigenvalue weighted by Gasteiger charge is 2.34. The maximum absolute atomic E-state index is 12.6. The number of anilines is 1. The van der Waals surface area contributed by atoms with Gasteiger partial charge >= 0.3 is 12.2 Å². The zero-order valence-corrected chi connectivity index (χ0v) is 13.6. The van der Waals surface area contributed by atoms with Gasteiger partial charge in [0, 0.05) is 44.1 Å². The first-order valence-electron chi connectivity index (χ1n) is 7.72. The van der Waals surface area contributed by atoms with Gasteiger partial charge in [-0.1, -0.05) is 12.1 Å². The number of fused-ring (bicyclic) bond motifs is 1. The lowest BCUT2D eigenvalue weighted by Crippen LogP contribution is -2.30. The van der Waals surface area contributed by atoms with E-state index in [1.54, 1.807) is 42.3 Å². The molecule has 0 aliphatic carbocycles. The number of rotatable bonds is 4. The number of amides is 2. The van der Waals surface area contributed by atoms with Crippen LogP contribution in [0.5, 0.6) is 0 Å². The second kappa shape index (κ2) is 6.75. The number of nitrogens with zero attached hydrogens (tertiary/aromatic N) is 3. The molecule has 25 heavy (non-hydrogen) atoms. The summed E-state index contributed by atoms with van der Waals surface area (Å²) in [6.07, 6.45) is -0.804. The summed E-state index contributed by atoms with van der Waals surface area (Å²) < 4.78 is 39.4. The van der Waals surface area contributed by atoms with Crippen LogP contribution >= 0.6 is 0 Å². The molecule has 1 aliphatic rings. The molecule has 0 radical (unpaired) electrons. The Morgan fingerprint density at radius 1 is 1.32 bits per heavy atom. The molecule has 0 atom stereocenters. The number of hydrogen-bond acceptors (Lipinski definition) is 3. The molecule has 0 saturated heterocycles. The van der Waals surface area contributed by atoms with Crippen LogP contribution in [0.15, 0.2) is 30.6 Å². The summed E-state index contributed by atoms with van der Waals surface area (Å²) in [6, 6.07) is 4.79. The van der Waals surface area contributed by atoms with Crippen LogP contribution in [0.4, 0.5) is 23.7 Å². The normalized spacial score (nSPS) is 14.4. The minimum Gasteiger partial charge on any atom is -0.334 e. The van der Waals surface area contributed by atoms with Crippen molar-refractivity contribution in [2.45, 2.75) is 25.8 Å². The van der Waals surface area contributed by atoms with Crippen molar-refractivity contribution in [3.05, 3.63) is 47.3 Å². The van der Waals surface area contributed by atoms with E-state index in [2.05, 4.69) is 15.7 Å². The first kappa shape index (κ1) is 17.3. The molecule has 2 heterocycles. The Bertz CT molecular complexity index is 771.